The maximum Gasteiger partial charge on any atom is 0.331 e. The van der Waals surface area contributed by atoms with Gasteiger partial charge in [-0.3, -0.25) is 4.79 Å². The molecule has 0 saturated carbocycles. The Labute approximate surface area is 149 Å². The summed E-state index contributed by atoms with van der Waals surface area (Å²) in [4.78, 5) is 24.7. The third-order valence-corrected chi connectivity index (χ3v) is 4.14. The zero-order chi connectivity index (χ0) is 18.2. The van der Waals surface area contributed by atoms with Gasteiger partial charge in [-0.2, -0.15) is 0 Å². The molecular weight excluding hydrogens is 345 g/mol. The van der Waals surface area contributed by atoms with E-state index in [2.05, 4.69) is 5.32 Å². The Morgan fingerprint density at radius 2 is 2.16 bits per heavy atom. The van der Waals surface area contributed by atoms with Gasteiger partial charge in [-0.25, -0.2) is 9.18 Å². The van der Waals surface area contributed by atoms with Crippen LogP contribution in [0.25, 0.3) is 6.08 Å². The third kappa shape index (κ3) is 5.72. The van der Waals surface area contributed by atoms with Gasteiger partial charge in [0.1, 0.15) is 0 Å². The number of hydrogen-bond donors (Lipinski definition) is 1. The Morgan fingerprint density at radius 3 is 2.80 bits per heavy atom. The van der Waals surface area contributed by atoms with Crippen molar-refractivity contribution >= 4 is 29.3 Å². The van der Waals surface area contributed by atoms with Crippen molar-refractivity contribution in [1.82, 2.24) is 5.32 Å². The summed E-state index contributed by atoms with van der Waals surface area (Å²) in [5, 5.41) is 4.61. The molecule has 0 fully saturated rings. The first-order valence-corrected chi connectivity index (χ1v) is 8.40. The molecule has 1 aromatic carbocycles. The average molecular weight is 363 g/mol. The highest BCUT2D eigenvalue weighted by Crippen LogP contribution is 2.18. The second-order valence-electron chi connectivity index (χ2n) is 5.10. The number of esters is 1. The molecule has 1 aromatic heterocycles. The Bertz CT molecular complexity index is 758. The predicted molar refractivity (Wildman–Crippen MR) is 93.7 cm³/mol. The molecule has 0 aliphatic heterocycles. The Kier molecular flexibility index (Phi) is 6.71. The Balaban J connectivity index is 1.83. The molecule has 0 radical (unpaired) electrons. The average Bonchev–Trinajstić information content (AvgIpc) is 3.11. The van der Waals surface area contributed by atoms with Crippen LogP contribution in [-0.2, 0) is 20.9 Å². The second-order valence-corrected chi connectivity index (χ2v) is 6.14. The summed E-state index contributed by atoms with van der Waals surface area (Å²) in [7, 11) is 1.37. The van der Waals surface area contributed by atoms with Crippen LogP contribution in [-0.4, -0.2) is 25.1 Å². The first-order chi connectivity index (χ1) is 12.0. The van der Waals surface area contributed by atoms with Crippen LogP contribution in [0.2, 0.25) is 0 Å². The monoisotopic (exact) mass is 363 g/mol. The molecule has 0 aliphatic carbocycles. The van der Waals surface area contributed by atoms with E-state index in [1.807, 2.05) is 17.5 Å². The summed E-state index contributed by atoms with van der Waals surface area (Å²) in [6.07, 6.45) is 1.62. The molecule has 132 valence electrons. The molecule has 1 heterocycles. The van der Waals surface area contributed by atoms with Gasteiger partial charge < -0.3 is 14.8 Å². The van der Waals surface area contributed by atoms with Crippen molar-refractivity contribution in [2.24, 2.45) is 0 Å². The predicted octanol–water partition coefficient (Wildman–Crippen LogP) is 3.16. The maximum atomic E-state index is 13.6. The van der Waals surface area contributed by atoms with E-state index >= 15 is 0 Å². The first-order valence-electron chi connectivity index (χ1n) is 7.52. The van der Waals surface area contributed by atoms with Gasteiger partial charge >= 0.3 is 5.97 Å². The van der Waals surface area contributed by atoms with Crippen LogP contribution in [0.4, 0.5) is 4.39 Å². The molecule has 25 heavy (non-hydrogen) atoms. The molecule has 0 spiro atoms. The Hall–Kier alpha value is -2.67. The molecule has 1 amide bonds. The highest BCUT2D eigenvalue weighted by atomic mass is 32.1. The van der Waals surface area contributed by atoms with Gasteiger partial charge in [0, 0.05) is 11.0 Å². The number of rotatable bonds is 7. The van der Waals surface area contributed by atoms with E-state index in [9.17, 15) is 14.0 Å². The van der Waals surface area contributed by atoms with Crippen LogP contribution >= 0.6 is 11.3 Å². The van der Waals surface area contributed by atoms with Crippen LogP contribution in [0.15, 0.2) is 41.8 Å². The fourth-order valence-corrected chi connectivity index (χ4v) is 2.59. The number of hydrogen-bond acceptors (Lipinski definition) is 5. The lowest BCUT2D eigenvalue weighted by molar-refractivity contribution is -0.150. The molecule has 2 aromatic rings. The van der Waals surface area contributed by atoms with Gasteiger partial charge in [0.25, 0.3) is 5.91 Å². The maximum absolute atomic E-state index is 13.6. The van der Waals surface area contributed by atoms with E-state index in [0.29, 0.717) is 12.1 Å². The number of nitrogens with one attached hydrogen (secondary N) is 1. The zero-order valence-corrected chi connectivity index (χ0v) is 14.6. The molecule has 0 saturated heterocycles. The summed E-state index contributed by atoms with van der Waals surface area (Å²) in [5.41, 5.74) is 0.477. The minimum absolute atomic E-state index is 0.121. The van der Waals surface area contributed by atoms with Crippen molar-refractivity contribution in [2.45, 2.75) is 19.6 Å². The van der Waals surface area contributed by atoms with E-state index in [1.54, 1.807) is 6.07 Å². The molecular formula is C18H18FNO4S. The van der Waals surface area contributed by atoms with Gasteiger partial charge in [-0.15, -0.1) is 11.3 Å². The summed E-state index contributed by atoms with van der Waals surface area (Å²) in [5.74, 6) is -1.48. The van der Waals surface area contributed by atoms with Crippen molar-refractivity contribution in [3.63, 3.8) is 0 Å². The van der Waals surface area contributed by atoms with Crippen molar-refractivity contribution in [1.29, 1.82) is 0 Å². The third-order valence-electron chi connectivity index (χ3n) is 3.27. The fourth-order valence-electron chi connectivity index (χ4n) is 1.95. The summed E-state index contributed by atoms with van der Waals surface area (Å²) in [6.45, 7) is 1.88. The quantitative estimate of drug-likeness (QED) is 0.606. The van der Waals surface area contributed by atoms with Crippen LogP contribution in [0.5, 0.6) is 5.75 Å². The van der Waals surface area contributed by atoms with Gasteiger partial charge in [0.2, 0.25) is 0 Å². The van der Waals surface area contributed by atoms with Gasteiger partial charge in [-0.1, -0.05) is 12.1 Å². The van der Waals surface area contributed by atoms with Crippen LogP contribution in [0.1, 0.15) is 17.4 Å². The van der Waals surface area contributed by atoms with E-state index in [4.69, 9.17) is 9.47 Å². The fraction of sp³-hybridized carbons (Fsp3) is 0.222. The number of thiophene rings is 1. The molecule has 1 N–H and O–H groups in total. The topological polar surface area (TPSA) is 64.6 Å². The number of benzene rings is 1. The van der Waals surface area contributed by atoms with Gasteiger partial charge in [-0.05, 0) is 42.1 Å². The number of halogens is 1. The smallest absolute Gasteiger partial charge is 0.331 e. The van der Waals surface area contributed by atoms with Crippen molar-refractivity contribution < 1.29 is 23.5 Å². The molecule has 1 atom stereocenters. The number of methoxy groups -OCH3 is 1. The normalized spacial score (nSPS) is 12.0. The molecule has 0 bridgehead atoms. The van der Waals surface area contributed by atoms with E-state index in [1.165, 1.54) is 43.6 Å². The number of amides is 1. The van der Waals surface area contributed by atoms with E-state index < -0.39 is 17.9 Å². The van der Waals surface area contributed by atoms with Crippen molar-refractivity contribution in [3.8, 4) is 5.75 Å². The number of carbonyl (C=O) groups is 2. The standard InChI is InChI=1S/C18H18FNO4S/c1-12(18(22)20-11-14-4-3-9-25-14)24-17(21)8-6-13-5-7-16(23-2)15(19)10-13/h3-10,12H,11H2,1-2H3,(H,20,22)/b8-6+/t12-/m1/s1. The highest BCUT2D eigenvalue weighted by molar-refractivity contribution is 7.09. The number of ether oxygens (including phenoxy) is 2. The molecule has 5 nitrogen and oxygen atoms in total. The van der Waals surface area contributed by atoms with Gasteiger partial charge in [0.15, 0.2) is 17.7 Å². The minimum atomic E-state index is -0.926. The summed E-state index contributed by atoms with van der Waals surface area (Å²) in [6, 6.07) is 8.09. The van der Waals surface area contributed by atoms with Crippen molar-refractivity contribution in [2.75, 3.05) is 7.11 Å². The van der Waals surface area contributed by atoms with E-state index in [0.717, 1.165) is 11.0 Å². The van der Waals surface area contributed by atoms with Gasteiger partial charge in [0.05, 0.1) is 13.7 Å². The second kappa shape index (κ2) is 8.98. The lowest BCUT2D eigenvalue weighted by Crippen LogP contribution is -2.34. The van der Waals surface area contributed by atoms with E-state index in [-0.39, 0.29) is 11.7 Å². The van der Waals surface area contributed by atoms with Crippen molar-refractivity contribution in [3.05, 3.63) is 58.0 Å². The number of carbonyl (C=O) groups excluding carboxylic acids is 2. The summed E-state index contributed by atoms with van der Waals surface area (Å²) < 4.78 is 23.4. The first kappa shape index (κ1) is 18.7. The van der Waals surface area contributed by atoms with Crippen LogP contribution < -0.4 is 10.1 Å². The molecule has 0 unspecified atom stereocenters. The largest absolute Gasteiger partial charge is 0.494 e. The SMILES string of the molecule is COc1ccc(/C=C/C(=O)O[C@H](C)C(=O)NCc2cccs2)cc1F. The molecule has 7 heteroatoms. The zero-order valence-electron chi connectivity index (χ0n) is 13.8. The molecule has 2 rings (SSSR count). The lowest BCUT2D eigenvalue weighted by Gasteiger charge is -2.11. The Morgan fingerprint density at radius 1 is 1.36 bits per heavy atom. The summed E-state index contributed by atoms with van der Waals surface area (Å²) >= 11 is 1.53. The lowest BCUT2D eigenvalue weighted by atomic mass is 10.2. The molecule has 0 aliphatic rings. The highest BCUT2D eigenvalue weighted by Gasteiger charge is 2.16. The van der Waals surface area contributed by atoms with Crippen LogP contribution in [0.3, 0.4) is 0 Å². The van der Waals surface area contributed by atoms with Crippen LogP contribution in [0, 0.1) is 5.82 Å². The minimum Gasteiger partial charge on any atom is -0.494 e.